The number of nitrogens with one attached hydrogen (secondary N) is 2. The third-order valence-corrected chi connectivity index (χ3v) is 2.79. The van der Waals surface area contributed by atoms with Crippen LogP contribution in [0.25, 0.3) is 0 Å². The number of nitrogens with zero attached hydrogens (tertiary/aromatic N) is 1. The summed E-state index contributed by atoms with van der Waals surface area (Å²) in [5.41, 5.74) is 0. The zero-order valence-electron chi connectivity index (χ0n) is 12.0. The van der Waals surface area contributed by atoms with E-state index >= 15 is 0 Å². The molecule has 0 fully saturated rings. The molecule has 0 aromatic carbocycles. The molecule has 0 bridgehead atoms. The maximum absolute atomic E-state index is 11.6. The number of urea groups is 1. The van der Waals surface area contributed by atoms with Crippen LogP contribution >= 0.6 is 0 Å². The Labute approximate surface area is 118 Å². The molecule has 2 amide bonds. The van der Waals surface area contributed by atoms with Crippen molar-refractivity contribution in [1.29, 1.82) is 0 Å². The second-order valence-corrected chi connectivity index (χ2v) is 4.49. The monoisotopic (exact) mass is 289 g/mol. The predicted molar refractivity (Wildman–Crippen MR) is 72.6 cm³/mol. The molecule has 0 heterocycles. The van der Waals surface area contributed by atoms with Crippen molar-refractivity contribution in [3.05, 3.63) is 0 Å². The third-order valence-electron chi connectivity index (χ3n) is 2.79. The first-order valence-corrected chi connectivity index (χ1v) is 6.54. The van der Waals surface area contributed by atoms with Gasteiger partial charge in [0.15, 0.2) is 0 Å². The van der Waals surface area contributed by atoms with Crippen LogP contribution in [0.15, 0.2) is 0 Å². The minimum Gasteiger partial charge on any atom is -0.481 e. The maximum Gasteiger partial charge on any atom is 0.326 e. The Balaban J connectivity index is 4.31. The van der Waals surface area contributed by atoms with E-state index in [4.69, 9.17) is 10.2 Å². The number of likely N-dealkylation sites (N-methyl/N-ethyl adjacent to an activating group) is 1. The molecule has 8 heteroatoms. The van der Waals surface area contributed by atoms with Gasteiger partial charge in [0.25, 0.3) is 0 Å². The van der Waals surface area contributed by atoms with Crippen molar-refractivity contribution in [2.24, 2.45) is 0 Å². The van der Waals surface area contributed by atoms with Crippen LogP contribution in [-0.2, 0) is 9.59 Å². The zero-order valence-corrected chi connectivity index (χ0v) is 12.0. The summed E-state index contributed by atoms with van der Waals surface area (Å²) in [7, 11) is 0. The number of carbonyl (C=O) groups excluding carboxylic acids is 1. The minimum absolute atomic E-state index is 0.172. The number of carboxylic acid groups (broad SMARTS) is 2. The van der Waals surface area contributed by atoms with Gasteiger partial charge in [-0.05, 0) is 20.0 Å². The van der Waals surface area contributed by atoms with E-state index in [1.54, 1.807) is 6.92 Å². The van der Waals surface area contributed by atoms with E-state index in [1.165, 1.54) is 0 Å². The highest BCUT2D eigenvalue weighted by atomic mass is 16.4. The molecule has 0 radical (unpaired) electrons. The van der Waals surface area contributed by atoms with Gasteiger partial charge in [-0.1, -0.05) is 13.8 Å². The maximum atomic E-state index is 11.6. The van der Waals surface area contributed by atoms with Gasteiger partial charge in [0.05, 0.1) is 6.42 Å². The molecule has 2 atom stereocenters. The van der Waals surface area contributed by atoms with Gasteiger partial charge in [-0.25, -0.2) is 9.59 Å². The van der Waals surface area contributed by atoms with Crippen molar-refractivity contribution in [3.8, 4) is 0 Å². The van der Waals surface area contributed by atoms with Gasteiger partial charge in [0, 0.05) is 12.6 Å². The van der Waals surface area contributed by atoms with Crippen molar-refractivity contribution in [1.82, 2.24) is 15.5 Å². The summed E-state index contributed by atoms with van der Waals surface area (Å²) in [6, 6.07) is -2.29. The average molecular weight is 289 g/mol. The van der Waals surface area contributed by atoms with Crippen LogP contribution < -0.4 is 10.6 Å². The van der Waals surface area contributed by atoms with E-state index < -0.39 is 30.4 Å². The van der Waals surface area contributed by atoms with Crippen molar-refractivity contribution >= 4 is 18.0 Å². The molecule has 0 saturated heterocycles. The molecule has 20 heavy (non-hydrogen) atoms. The lowest BCUT2D eigenvalue weighted by molar-refractivity contribution is -0.145. The highest BCUT2D eigenvalue weighted by molar-refractivity contribution is 5.86. The number of hydrogen-bond acceptors (Lipinski definition) is 4. The minimum atomic E-state index is -1.44. The molecular weight excluding hydrogens is 266 g/mol. The second kappa shape index (κ2) is 9.13. The fourth-order valence-corrected chi connectivity index (χ4v) is 1.71. The number of rotatable bonds is 9. The van der Waals surface area contributed by atoms with Crippen LogP contribution in [0.4, 0.5) is 4.79 Å². The molecule has 8 nitrogen and oxygen atoms in total. The average Bonchev–Trinajstić information content (AvgIpc) is 2.34. The van der Waals surface area contributed by atoms with Crippen LogP contribution in [0, 0.1) is 0 Å². The van der Waals surface area contributed by atoms with Crippen LogP contribution in [-0.4, -0.2) is 64.8 Å². The van der Waals surface area contributed by atoms with Crippen molar-refractivity contribution < 1.29 is 24.6 Å². The Morgan fingerprint density at radius 2 is 1.65 bits per heavy atom. The SMILES string of the molecule is CCN(CC)CC(C)NC(=O)NC(CC(=O)O)C(=O)O. The molecule has 0 aliphatic carbocycles. The Morgan fingerprint density at radius 1 is 1.10 bits per heavy atom. The van der Waals surface area contributed by atoms with E-state index in [9.17, 15) is 14.4 Å². The van der Waals surface area contributed by atoms with Gasteiger partial charge in [0.2, 0.25) is 0 Å². The second-order valence-electron chi connectivity index (χ2n) is 4.49. The standard InChI is InChI=1S/C12H23N3O5/c1-4-15(5-2)7-8(3)13-12(20)14-9(11(18)19)6-10(16)17/h8-9H,4-7H2,1-3H3,(H,16,17)(H,18,19)(H2,13,14,20). The first kappa shape index (κ1) is 18.2. The van der Waals surface area contributed by atoms with E-state index in [-0.39, 0.29) is 6.04 Å². The fraction of sp³-hybridized carbons (Fsp3) is 0.750. The summed E-state index contributed by atoms with van der Waals surface area (Å²) >= 11 is 0. The van der Waals surface area contributed by atoms with Crippen LogP contribution in [0.1, 0.15) is 27.2 Å². The number of amides is 2. The topological polar surface area (TPSA) is 119 Å². The molecule has 116 valence electrons. The highest BCUT2D eigenvalue weighted by Gasteiger charge is 2.23. The van der Waals surface area contributed by atoms with Crippen molar-refractivity contribution in [3.63, 3.8) is 0 Å². The lowest BCUT2D eigenvalue weighted by atomic mass is 10.2. The first-order valence-electron chi connectivity index (χ1n) is 6.54. The van der Waals surface area contributed by atoms with Crippen LogP contribution in [0.3, 0.4) is 0 Å². The van der Waals surface area contributed by atoms with Gasteiger partial charge >= 0.3 is 18.0 Å². The number of aliphatic carboxylic acids is 2. The van der Waals surface area contributed by atoms with Crippen molar-refractivity contribution in [2.75, 3.05) is 19.6 Å². The van der Waals surface area contributed by atoms with Gasteiger partial charge in [-0.15, -0.1) is 0 Å². The van der Waals surface area contributed by atoms with Gasteiger partial charge in [-0.3, -0.25) is 4.79 Å². The summed E-state index contributed by atoms with van der Waals surface area (Å²) in [4.78, 5) is 35.0. The molecule has 0 rings (SSSR count). The summed E-state index contributed by atoms with van der Waals surface area (Å²) in [5.74, 6) is -2.66. The highest BCUT2D eigenvalue weighted by Crippen LogP contribution is 1.95. The Kier molecular flexibility index (Phi) is 8.30. The molecule has 0 aromatic heterocycles. The third kappa shape index (κ3) is 7.57. The van der Waals surface area contributed by atoms with Gasteiger partial charge < -0.3 is 25.7 Å². The lowest BCUT2D eigenvalue weighted by Gasteiger charge is -2.24. The van der Waals surface area contributed by atoms with Gasteiger partial charge in [-0.2, -0.15) is 0 Å². The Morgan fingerprint density at radius 3 is 2.05 bits per heavy atom. The largest absolute Gasteiger partial charge is 0.481 e. The molecule has 0 saturated carbocycles. The Hall–Kier alpha value is -1.83. The molecule has 0 aromatic rings. The quantitative estimate of drug-likeness (QED) is 0.472. The number of carbonyl (C=O) groups is 3. The molecule has 4 N–H and O–H groups in total. The smallest absolute Gasteiger partial charge is 0.326 e. The van der Waals surface area contributed by atoms with E-state index in [0.717, 1.165) is 13.1 Å². The van der Waals surface area contributed by atoms with E-state index in [1.807, 2.05) is 13.8 Å². The molecule has 0 spiro atoms. The Bertz CT molecular complexity index is 344. The molecule has 0 aliphatic heterocycles. The summed E-state index contributed by atoms with van der Waals surface area (Å²) in [6.07, 6.45) is -0.660. The summed E-state index contributed by atoms with van der Waals surface area (Å²) in [6.45, 7) is 8.14. The van der Waals surface area contributed by atoms with Crippen LogP contribution in [0.2, 0.25) is 0 Å². The lowest BCUT2D eigenvalue weighted by Crippen LogP contribution is -2.51. The van der Waals surface area contributed by atoms with Crippen molar-refractivity contribution in [2.45, 2.75) is 39.3 Å². The predicted octanol–water partition coefficient (Wildman–Crippen LogP) is -0.0562. The van der Waals surface area contributed by atoms with E-state index in [0.29, 0.717) is 6.54 Å². The zero-order chi connectivity index (χ0) is 15.7. The fourth-order valence-electron chi connectivity index (χ4n) is 1.71. The normalized spacial score (nSPS) is 13.6. The molecular formula is C12H23N3O5. The summed E-state index contributed by atoms with van der Waals surface area (Å²) in [5, 5.41) is 22.1. The van der Waals surface area contributed by atoms with Gasteiger partial charge in [0.1, 0.15) is 6.04 Å². The number of carboxylic acids is 2. The summed E-state index contributed by atoms with van der Waals surface area (Å²) < 4.78 is 0. The first-order chi connectivity index (χ1) is 9.29. The number of hydrogen-bond donors (Lipinski definition) is 4. The molecule has 2 unspecified atom stereocenters. The van der Waals surface area contributed by atoms with Crippen LogP contribution in [0.5, 0.6) is 0 Å². The van der Waals surface area contributed by atoms with E-state index in [2.05, 4.69) is 15.5 Å². The molecule has 0 aliphatic rings.